The van der Waals surface area contributed by atoms with Gasteiger partial charge in [0.25, 0.3) is 5.91 Å². The molecule has 0 fully saturated rings. The van der Waals surface area contributed by atoms with E-state index in [2.05, 4.69) is 15.6 Å². The van der Waals surface area contributed by atoms with Gasteiger partial charge in [-0.1, -0.05) is 29.5 Å². The number of nitrogens with one attached hydrogen (secondary N) is 1. The van der Waals surface area contributed by atoms with Crippen molar-refractivity contribution in [3.63, 3.8) is 0 Å². The van der Waals surface area contributed by atoms with Crippen molar-refractivity contribution in [1.29, 1.82) is 0 Å². The monoisotopic (exact) mass is 340 g/mol. The number of aromatic hydroxyl groups is 1. The Bertz CT molecular complexity index is 937. The molecule has 1 aromatic heterocycles. The van der Waals surface area contributed by atoms with Crippen molar-refractivity contribution in [2.45, 2.75) is 20.4 Å². The normalized spacial score (nSPS) is 10.7. The van der Waals surface area contributed by atoms with Gasteiger partial charge in [0.2, 0.25) is 0 Å². The first kappa shape index (κ1) is 16.6. The van der Waals surface area contributed by atoms with Gasteiger partial charge in [0.15, 0.2) is 5.69 Å². The Labute approximate surface area is 143 Å². The first-order chi connectivity index (χ1) is 12.0. The summed E-state index contributed by atoms with van der Waals surface area (Å²) in [5.41, 5.74) is 2.28. The van der Waals surface area contributed by atoms with Gasteiger partial charge < -0.3 is 10.4 Å². The van der Waals surface area contributed by atoms with Crippen molar-refractivity contribution in [1.82, 2.24) is 15.0 Å². The number of aryl methyl sites for hydroxylation is 1. The molecular weight excluding hydrogens is 323 g/mol. The van der Waals surface area contributed by atoms with Crippen LogP contribution in [-0.2, 0) is 6.54 Å². The molecule has 0 aliphatic heterocycles. The van der Waals surface area contributed by atoms with Crippen molar-refractivity contribution in [2.24, 2.45) is 0 Å². The van der Waals surface area contributed by atoms with Crippen LogP contribution >= 0.6 is 0 Å². The first-order valence-electron chi connectivity index (χ1n) is 7.70. The number of amides is 1. The molecule has 0 saturated carbocycles. The number of rotatable bonds is 4. The van der Waals surface area contributed by atoms with E-state index >= 15 is 0 Å². The zero-order chi connectivity index (χ0) is 18.0. The Kier molecular flexibility index (Phi) is 4.47. The van der Waals surface area contributed by atoms with Crippen LogP contribution < -0.4 is 5.32 Å². The minimum absolute atomic E-state index is 0.0321. The molecule has 0 unspecified atom stereocenters. The highest BCUT2D eigenvalue weighted by atomic mass is 19.1. The van der Waals surface area contributed by atoms with E-state index in [1.807, 2.05) is 6.92 Å². The van der Waals surface area contributed by atoms with Crippen LogP contribution in [0.5, 0.6) is 5.75 Å². The molecule has 6 nitrogen and oxygen atoms in total. The molecule has 0 radical (unpaired) electrons. The Hall–Kier alpha value is -3.22. The molecule has 128 valence electrons. The van der Waals surface area contributed by atoms with Gasteiger partial charge in [-0.25, -0.2) is 9.07 Å². The Balaban J connectivity index is 1.82. The van der Waals surface area contributed by atoms with Crippen LogP contribution in [0.25, 0.3) is 0 Å². The maximum atomic E-state index is 13.8. The smallest absolute Gasteiger partial charge is 0.278 e. The predicted molar refractivity (Wildman–Crippen MR) is 91.1 cm³/mol. The number of benzene rings is 2. The van der Waals surface area contributed by atoms with Crippen molar-refractivity contribution in [2.75, 3.05) is 5.32 Å². The molecule has 2 aromatic carbocycles. The average Bonchev–Trinajstić information content (AvgIpc) is 2.94. The van der Waals surface area contributed by atoms with Crippen LogP contribution in [0.15, 0.2) is 42.5 Å². The highest BCUT2D eigenvalue weighted by Crippen LogP contribution is 2.24. The van der Waals surface area contributed by atoms with Gasteiger partial charge >= 0.3 is 0 Å². The molecule has 1 heterocycles. The van der Waals surface area contributed by atoms with Crippen LogP contribution in [-0.4, -0.2) is 26.0 Å². The Morgan fingerprint density at radius 1 is 1.24 bits per heavy atom. The van der Waals surface area contributed by atoms with Crippen molar-refractivity contribution >= 4 is 11.6 Å². The van der Waals surface area contributed by atoms with Gasteiger partial charge in [-0.3, -0.25) is 4.79 Å². The number of aromatic nitrogens is 3. The molecule has 0 saturated heterocycles. The number of anilines is 1. The molecule has 0 aliphatic rings. The molecule has 0 atom stereocenters. The molecular formula is C18H17FN4O2. The topological polar surface area (TPSA) is 80.0 Å². The number of hydrogen-bond donors (Lipinski definition) is 2. The molecule has 2 N–H and O–H groups in total. The lowest BCUT2D eigenvalue weighted by Crippen LogP contribution is -2.14. The third-order valence-corrected chi connectivity index (χ3v) is 3.88. The van der Waals surface area contributed by atoms with Crippen LogP contribution in [0.4, 0.5) is 10.1 Å². The second-order valence-corrected chi connectivity index (χ2v) is 5.75. The van der Waals surface area contributed by atoms with Crippen LogP contribution in [0, 0.1) is 19.7 Å². The van der Waals surface area contributed by atoms with Crippen LogP contribution in [0.1, 0.15) is 27.3 Å². The summed E-state index contributed by atoms with van der Waals surface area (Å²) in [5.74, 6) is -0.860. The third kappa shape index (κ3) is 3.50. The molecule has 0 aliphatic carbocycles. The summed E-state index contributed by atoms with van der Waals surface area (Å²) in [6.07, 6.45) is 0. The first-order valence-corrected chi connectivity index (χ1v) is 7.70. The molecule has 7 heteroatoms. The minimum Gasteiger partial charge on any atom is -0.506 e. The van der Waals surface area contributed by atoms with Gasteiger partial charge in [0.1, 0.15) is 11.6 Å². The van der Waals surface area contributed by atoms with Crippen molar-refractivity contribution < 1.29 is 14.3 Å². The fourth-order valence-electron chi connectivity index (χ4n) is 2.44. The molecule has 0 spiro atoms. The van der Waals surface area contributed by atoms with E-state index in [9.17, 15) is 14.3 Å². The lowest BCUT2D eigenvalue weighted by atomic mass is 10.2. The molecule has 1 amide bonds. The lowest BCUT2D eigenvalue weighted by molar-refractivity contribution is 0.102. The summed E-state index contributed by atoms with van der Waals surface area (Å²) in [6.45, 7) is 3.71. The maximum Gasteiger partial charge on any atom is 0.278 e. The Morgan fingerprint density at radius 3 is 2.76 bits per heavy atom. The second kappa shape index (κ2) is 6.72. The number of phenolic OH excluding ortho intramolecular Hbond substituents is 1. The zero-order valence-corrected chi connectivity index (χ0v) is 13.8. The van der Waals surface area contributed by atoms with E-state index in [1.54, 1.807) is 37.3 Å². The van der Waals surface area contributed by atoms with Gasteiger partial charge in [-0.15, -0.1) is 5.10 Å². The lowest BCUT2D eigenvalue weighted by Gasteiger charge is -2.08. The van der Waals surface area contributed by atoms with Crippen molar-refractivity contribution in [3.8, 4) is 5.75 Å². The summed E-state index contributed by atoms with van der Waals surface area (Å²) in [6, 6.07) is 11.3. The standard InChI is InChI=1S/C18H17FN4O2/c1-11-7-8-16(24)15(9-11)20-18(25)17-12(2)23(22-21-17)10-13-5-3-4-6-14(13)19/h3-9,24H,10H2,1-2H3,(H,20,25). The van der Waals surface area contributed by atoms with Gasteiger partial charge in [-0.05, 0) is 37.6 Å². The van der Waals surface area contributed by atoms with E-state index in [1.165, 1.54) is 16.8 Å². The fourth-order valence-corrected chi connectivity index (χ4v) is 2.44. The highest BCUT2D eigenvalue weighted by Gasteiger charge is 2.18. The number of halogens is 1. The van der Waals surface area contributed by atoms with E-state index < -0.39 is 5.91 Å². The van der Waals surface area contributed by atoms with Crippen molar-refractivity contribution in [3.05, 3.63) is 70.8 Å². The number of hydrogen-bond acceptors (Lipinski definition) is 4. The number of phenols is 1. The van der Waals surface area contributed by atoms with Gasteiger partial charge in [0, 0.05) is 5.56 Å². The number of nitrogens with zero attached hydrogens (tertiary/aromatic N) is 3. The van der Waals surface area contributed by atoms with Gasteiger partial charge in [-0.2, -0.15) is 0 Å². The summed E-state index contributed by atoms with van der Waals surface area (Å²) in [4.78, 5) is 12.4. The summed E-state index contributed by atoms with van der Waals surface area (Å²) in [5, 5.41) is 20.3. The quantitative estimate of drug-likeness (QED) is 0.716. The maximum absolute atomic E-state index is 13.8. The van der Waals surface area contributed by atoms with E-state index in [0.29, 0.717) is 16.9 Å². The number of carbonyl (C=O) groups excluding carboxylic acids is 1. The molecule has 0 bridgehead atoms. The molecule has 3 rings (SSSR count). The summed E-state index contributed by atoms with van der Waals surface area (Å²) < 4.78 is 15.2. The highest BCUT2D eigenvalue weighted by molar-refractivity contribution is 6.04. The summed E-state index contributed by atoms with van der Waals surface area (Å²) >= 11 is 0. The van der Waals surface area contributed by atoms with E-state index in [-0.39, 0.29) is 23.8 Å². The fraction of sp³-hybridized carbons (Fsp3) is 0.167. The Morgan fingerprint density at radius 2 is 2.00 bits per heavy atom. The molecule has 25 heavy (non-hydrogen) atoms. The average molecular weight is 340 g/mol. The predicted octanol–water partition coefficient (Wildman–Crippen LogP) is 3.04. The van der Waals surface area contributed by atoms with Crippen LogP contribution in [0.3, 0.4) is 0 Å². The molecule has 3 aromatic rings. The van der Waals surface area contributed by atoms with E-state index in [4.69, 9.17) is 0 Å². The largest absolute Gasteiger partial charge is 0.506 e. The van der Waals surface area contributed by atoms with Gasteiger partial charge in [0.05, 0.1) is 17.9 Å². The van der Waals surface area contributed by atoms with E-state index in [0.717, 1.165) is 5.56 Å². The number of carbonyl (C=O) groups is 1. The zero-order valence-electron chi connectivity index (χ0n) is 13.8. The second-order valence-electron chi connectivity index (χ2n) is 5.75. The summed E-state index contributed by atoms with van der Waals surface area (Å²) in [7, 11) is 0. The van der Waals surface area contributed by atoms with Crippen LogP contribution in [0.2, 0.25) is 0 Å². The third-order valence-electron chi connectivity index (χ3n) is 3.88. The minimum atomic E-state index is -0.488. The SMILES string of the molecule is Cc1ccc(O)c(NC(=O)c2nnn(Cc3ccccc3F)c2C)c1.